The Balaban J connectivity index is 1.21. The molecule has 15 heteroatoms. The summed E-state index contributed by atoms with van der Waals surface area (Å²) in [6.45, 7) is 2.21. The molecule has 0 bridgehead atoms. The Morgan fingerprint density at radius 1 is 1.09 bits per heavy atom. The lowest BCUT2D eigenvalue weighted by atomic mass is 10.1. The Hall–Kier alpha value is -4.40. The van der Waals surface area contributed by atoms with Crippen LogP contribution in [0.15, 0.2) is 72.0 Å². The molecule has 4 aromatic rings. The maximum Gasteiger partial charge on any atom is 0.573 e. The highest BCUT2D eigenvalue weighted by molar-refractivity contribution is 8.15. The fourth-order valence-corrected chi connectivity index (χ4v) is 5.62. The zero-order chi connectivity index (χ0) is 32.1. The summed E-state index contributed by atoms with van der Waals surface area (Å²) < 4.78 is 47.8. The summed E-state index contributed by atoms with van der Waals surface area (Å²) in [6, 6.07) is 15.3. The van der Waals surface area contributed by atoms with Crippen molar-refractivity contribution < 1.29 is 32.2 Å². The largest absolute Gasteiger partial charge is 0.573 e. The van der Waals surface area contributed by atoms with Crippen LogP contribution in [0.25, 0.3) is 5.69 Å². The van der Waals surface area contributed by atoms with Gasteiger partial charge in [-0.3, -0.25) is 9.69 Å². The van der Waals surface area contributed by atoms with Crippen LogP contribution in [0.5, 0.6) is 5.75 Å². The Kier molecular flexibility index (Phi) is 9.75. The Morgan fingerprint density at radius 2 is 1.84 bits per heavy atom. The number of carbonyl (C=O) groups excluding carboxylic acids is 2. The van der Waals surface area contributed by atoms with Gasteiger partial charge >= 0.3 is 12.4 Å². The van der Waals surface area contributed by atoms with Gasteiger partial charge in [-0.1, -0.05) is 41.6 Å². The smallest absolute Gasteiger partial charge is 0.406 e. The Morgan fingerprint density at radius 3 is 2.56 bits per heavy atom. The van der Waals surface area contributed by atoms with Crippen LogP contribution in [-0.2, 0) is 29.0 Å². The fourth-order valence-electron chi connectivity index (χ4n) is 4.49. The average molecular weight is 659 g/mol. The Bertz CT molecular complexity index is 1750. The van der Waals surface area contributed by atoms with Crippen molar-refractivity contribution in [3.63, 3.8) is 0 Å². The first-order valence-electron chi connectivity index (χ1n) is 13.5. The number of hydrogen-bond donors (Lipinski definition) is 1. The van der Waals surface area contributed by atoms with Crippen molar-refractivity contribution in [3.05, 3.63) is 94.5 Å². The highest BCUT2D eigenvalue weighted by Gasteiger charge is 2.32. The maximum absolute atomic E-state index is 12.8. The van der Waals surface area contributed by atoms with Gasteiger partial charge in [0.2, 0.25) is 5.91 Å². The number of anilines is 2. The number of carbonyl (C=O) groups is 2. The molecule has 1 aliphatic rings. The average Bonchev–Trinajstić information content (AvgIpc) is 3.59. The molecule has 0 unspecified atom stereocenters. The van der Waals surface area contributed by atoms with Crippen LogP contribution in [0.1, 0.15) is 22.5 Å². The molecule has 3 aromatic carbocycles. The number of hydrogen-bond acceptors (Lipinski definition) is 7. The molecule has 5 rings (SSSR count). The van der Waals surface area contributed by atoms with Crippen molar-refractivity contribution in [1.82, 2.24) is 14.8 Å². The molecular weight excluding hydrogens is 633 g/mol. The monoisotopic (exact) mass is 658 g/mol. The van der Waals surface area contributed by atoms with E-state index in [1.807, 2.05) is 25.1 Å². The van der Waals surface area contributed by atoms with E-state index >= 15 is 0 Å². The van der Waals surface area contributed by atoms with Crippen LogP contribution in [0.2, 0.25) is 5.02 Å². The van der Waals surface area contributed by atoms with E-state index in [9.17, 15) is 22.8 Å². The minimum absolute atomic E-state index is 0.156. The number of halogens is 4. The van der Waals surface area contributed by atoms with Gasteiger partial charge in [-0.25, -0.2) is 14.5 Å². The van der Waals surface area contributed by atoms with E-state index in [4.69, 9.17) is 16.3 Å². The van der Waals surface area contributed by atoms with Gasteiger partial charge in [0.1, 0.15) is 12.1 Å². The number of methoxy groups -OCH3 is 1. The second-order valence-electron chi connectivity index (χ2n) is 9.86. The minimum Gasteiger partial charge on any atom is -0.406 e. The summed E-state index contributed by atoms with van der Waals surface area (Å²) in [5.74, 6) is 0.144. The number of ether oxygens (including phenoxy) is 2. The van der Waals surface area contributed by atoms with Gasteiger partial charge in [0, 0.05) is 29.8 Å². The van der Waals surface area contributed by atoms with Crippen LogP contribution < -0.4 is 15.0 Å². The van der Waals surface area contributed by atoms with Gasteiger partial charge in [-0.2, -0.15) is 10.1 Å². The quantitative estimate of drug-likeness (QED) is 0.212. The number of alkyl halides is 3. The van der Waals surface area contributed by atoms with E-state index in [-0.39, 0.29) is 22.6 Å². The van der Waals surface area contributed by atoms with E-state index in [0.29, 0.717) is 47.4 Å². The molecule has 234 valence electrons. The molecule has 3 amide bonds. The van der Waals surface area contributed by atoms with Crippen molar-refractivity contribution in [2.45, 2.75) is 32.7 Å². The number of amidine groups is 1. The van der Waals surface area contributed by atoms with E-state index in [0.717, 1.165) is 16.7 Å². The van der Waals surface area contributed by atoms with Crippen LogP contribution >= 0.6 is 23.4 Å². The summed E-state index contributed by atoms with van der Waals surface area (Å²) >= 11 is 7.68. The topological polar surface area (TPSA) is 111 Å². The van der Waals surface area contributed by atoms with Gasteiger partial charge in [-0.15, -0.1) is 13.2 Å². The number of aryl methyl sites for hydroxylation is 3. The zero-order valence-corrected chi connectivity index (χ0v) is 25.5. The number of aromatic nitrogens is 3. The molecule has 1 saturated heterocycles. The van der Waals surface area contributed by atoms with E-state index in [1.165, 1.54) is 51.9 Å². The Labute approximate surface area is 265 Å². The van der Waals surface area contributed by atoms with Gasteiger partial charge in [-0.05, 0) is 66.9 Å². The van der Waals surface area contributed by atoms with Crippen LogP contribution in [0.3, 0.4) is 0 Å². The van der Waals surface area contributed by atoms with Gasteiger partial charge in [0.15, 0.2) is 11.0 Å². The highest BCUT2D eigenvalue weighted by atomic mass is 35.5. The number of nitrogens with one attached hydrogen (secondary N) is 1. The summed E-state index contributed by atoms with van der Waals surface area (Å²) in [4.78, 5) is 35.5. The summed E-state index contributed by atoms with van der Waals surface area (Å²) in [7, 11) is 1.57. The molecule has 0 spiro atoms. The molecule has 1 N–H and O–H groups in total. The SMILES string of the molecule is COCc1ccc(C)cc1N1C(=O)CSC1=NC(=O)Nc1ccc(CCc2ncn(-c3ccc(OC(F)(F)F)cc3)n2)c(Cl)c1. The molecule has 0 saturated carbocycles. The maximum atomic E-state index is 12.8. The van der Waals surface area contributed by atoms with Crippen molar-refractivity contribution in [2.75, 3.05) is 23.1 Å². The van der Waals surface area contributed by atoms with Crippen molar-refractivity contribution in [3.8, 4) is 11.4 Å². The number of urea groups is 1. The third-order valence-corrected chi connectivity index (χ3v) is 7.82. The molecule has 1 aromatic heterocycles. The second kappa shape index (κ2) is 13.7. The lowest BCUT2D eigenvalue weighted by Crippen LogP contribution is -2.31. The number of aliphatic imine (C=N–C) groups is 1. The van der Waals surface area contributed by atoms with Crippen molar-refractivity contribution >= 4 is 51.8 Å². The van der Waals surface area contributed by atoms with Crippen LogP contribution in [0.4, 0.5) is 29.3 Å². The third kappa shape index (κ3) is 8.21. The van der Waals surface area contributed by atoms with Gasteiger partial charge in [0.05, 0.1) is 23.7 Å². The predicted molar refractivity (Wildman–Crippen MR) is 165 cm³/mol. The zero-order valence-electron chi connectivity index (χ0n) is 24.0. The number of benzene rings is 3. The van der Waals surface area contributed by atoms with Crippen LogP contribution in [0, 0.1) is 6.92 Å². The highest BCUT2D eigenvalue weighted by Crippen LogP contribution is 2.31. The number of amides is 3. The van der Waals surface area contributed by atoms with Gasteiger partial charge in [0.25, 0.3) is 0 Å². The summed E-state index contributed by atoms with van der Waals surface area (Å²) in [6.07, 6.45) is -2.37. The lowest BCUT2D eigenvalue weighted by molar-refractivity contribution is -0.274. The molecule has 1 aliphatic heterocycles. The summed E-state index contributed by atoms with van der Waals surface area (Å²) in [5.41, 5.74) is 4.10. The summed E-state index contributed by atoms with van der Waals surface area (Å²) in [5, 5.41) is 7.76. The molecule has 0 radical (unpaired) electrons. The molecule has 2 heterocycles. The molecule has 10 nitrogen and oxygen atoms in total. The molecular formula is C30H26ClF3N6O4S. The molecule has 45 heavy (non-hydrogen) atoms. The molecule has 1 fully saturated rings. The first-order valence-corrected chi connectivity index (χ1v) is 14.8. The number of thioether (sulfide) groups is 1. The molecule has 0 atom stereocenters. The predicted octanol–water partition coefficient (Wildman–Crippen LogP) is 6.73. The normalized spacial score (nSPS) is 14.3. The number of nitrogens with zero attached hydrogens (tertiary/aromatic N) is 5. The van der Waals surface area contributed by atoms with Crippen molar-refractivity contribution in [2.24, 2.45) is 4.99 Å². The standard InChI is InChI=1S/C30H26ClF3N6O4S/c1-18-3-4-20(15-43-2)25(13-18)40-27(41)16-45-29(40)37-28(42)36-21-7-5-19(24(31)14-21)6-12-26-35-17-39(38-26)22-8-10-23(11-9-22)44-30(32,33)34/h3-5,7-11,13-14,17H,6,12,15-16H2,1-2H3,(H,36,42). The van der Waals surface area contributed by atoms with E-state index < -0.39 is 12.4 Å². The van der Waals surface area contributed by atoms with Crippen LogP contribution in [-0.4, -0.2) is 51.1 Å². The number of rotatable bonds is 9. The first kappa shape index (κ1) is 32.0. The fraction of sp³-hybridized carbons (Fsp3) is 0.233. The van der Waals surface area contributed by atoms with E-state index in [1.54, 1.807) is 25.3 Å². The lowest BCUT2D eigenvalue weighted by Gasteiger charge is -2.20. The first-order chi connectivity index (χ1) is 21.5. The van der Waals surface area contributed by atoms with E-state index in [2.05, 4.69) is 25.1 Å². The second-order valence-corrected chi connectivity index (χ2v) is 11.2. The van der Waals surface area contributed by atoms with Gasteiger partial charge < -0.3 is 14.8 Å². The minimum atomic E-state index is -4.77. The third-order valence-electron chi connectivity index (χ3n) is 6.54. The van der Waals surface area contributed by atoms with Crippen molar-refractivity contribution in [1.29, 1.82) is 0 Å². The molecule has 0 aliphatic carbocycles.